The number of nitrogens with one attached hydrogen (secondary N) is 1. The Morgan fingerprint density at radius 3 is 2.07 bits per heavy atom. The van der Waals surface area contributed by atoms with Gasteiger partial charge >= 0.3 is 0 Å². The molecular weight excluding hydrogens is 344 g/mol. The molecule has 0 radical (unpaired) electrons. The van der Waals surface area contributed by atoms with Gasteiger partial charge in [-0.2, -0.15) is 0 Å². The number of primary amides is 1. The van der Waals surface area contributed by atoms with Crippen LogP contribution in [-0.2, 0) is 10.2 Å². The number of fused-ring (bicyclic) bond motifs is 3. The van der Waals surface area contributed by atoms with E-state index in [0.29, 0.717) is 12.0 Å². The topological polar surface area (TPSA) is 55.1 Å². The Balaban J connectivity index is 1.94. The van der Waals surface area contributed by atoms with Crippen LogP contribution in [0.1, 0.15) is 64.0 Å². The first-order chi connectivity index (χ1) is 13.5. The second-order valence-electron chi connectivity index (χ2n) is 8.28. The molecule has 2 unspecified atom stereocenters. The van der Waals surface area contributed by atoms with Gasteiger partial charge in [0.05, 0.1) is 5.41 Å². The summed E-state index contributed by atoms with van der Waals surface area (Å²) in [5.74, 6) is 0.448. The molecule has 28 heavy (non-hydrogen) atoms. The van der Waals surface area contributed by atoms with Crippen molar-refractivity contribution in [1.82, 2.24) is 5.32 Å². The zero-order chi connectivity index (χ0) is 20.1. The summed E-state index contributed by atoms with van der Waals surface area (Å²) < 4.78 is 0. The number of amides is 1. The van der Waals surface area contributed by atoms with E-state index in [4.69, 9.17) is 5.73 Å². The van der Waals surface area contributed by atoms with Crippen LogP contribution in [0, 0.1) is 5.92 Å². The molecule has 3 heteroatoms. The van der Waals surface area contributed by atoms with Crippen molar-refractivity contribution in [3.05, 3.63) is 59.7 Å². The SMILES string of the molecule is CCCC(C)CC(CCC1(C(N)=O)c2ccccc2-c2ccccc21)NCC. The van der Waals surface area contributed by atoms with Gasteiger partial charge < -0.3 is 11.1 Å². The van der Waals surface area contributed by atoms with Crippen molar-refractivity contribution < 1.29 is 4.79 Å². The fourth-order valence-corrected chi connectivity index (χ4v) is 5.06. The van der Waals surface area contributed by atoms with Gasteiger partial charge in [-0.05, 0) is 54.0 Å². The first-order valence-corrected chi connectivity index (χ1v) is 10.8. The molecule has 1 aliphatic rings. The third-order valence-corrected chi connectivity index (χ3v) is 6.31. The Morgan fingerprint density at radius 1 is 1.00 bits per heavy atom. The highest BCUT2D eigenvalue weighted by Gasteiger charge is 2.47. The number of hydrogen-bond donors (Lipinski definition) is 2. The fraction of sp³-hybridized carbons (Fsp3) is 0.480. The van der Waals surface area contributed by atoms with E-state index in [1.807, 2.05) is 24.3 Å². The van der Waals surface area contributed by atoms with Gasteiger partial charge in [-0.1, -0.05) is 82.1 Å². The minimum Gasteiger partial charge on any atom is -0.369 e. The van der Waals surface area contributed by atoms with E-state index >= 15 is 0 Å². The van der Waals surface area contributed by atoms with Crippen LogP contribution >= 0.6 is 0 Å². The number of hydrogen-bond acceptors (Lipinski definition) is 2. The number of benzene rings is 2. The zero-order valence-electron chi connectivity index (χ0n) is 17.5. The minimum absolute atomic E-state index is 0.234. The summed E-state index contributed by atoms with van der Waals surface area (Å²) in [6.45, 7) is 7.67. The van der Waals surface area contributed by atoms with Gasteiger partial charge in [0.1, 0.15) is 0 Å². The van der Waals surface area contributed by atoms with Crippen LogP contribution in [0.25, 0.3) is 11.1 Å². The first-order valence-electron chi connectivity index (χ1n) is 10.8. The summed E-state index contributed by atoms with van der Waals surface area (Å²) in [4.78, 5) is 12.9. The van der Waals surface area contributed by atoms with Crippen LogP contribution in [0.3, 0.4) is 0 Å². The molecule has 0 saturated carbocycles. The van der Waals surface area contributed by atoms with Crippen molar-refractivity contribution in [2.75, 3.05) is 6.54 Å². The lowest BCUT2D eigenvalue weighted by molar-refractivity contribution is -0.122. The monoisotopic (exact) mass is 378 g/mol. The lowest BCUT2D eigenvalue weighted by Crippen LogP contribution is -2.42. The summed E-state index contributed by atoms with van der Waals surface area (Å²) in [6.07, 6.45) is 5.28. The van der Waals surface area contributed by atoms with Gasteiger partial charge in [0, 0.05) is 6.04 Å². The molecule has 0 saturated heterocycles. The Kier molecular flexibility index (Phi) is 6.56. The van der Waals surface area contributed by atoms with Crippen LogP contribution in [-0.4, -0.2) is 18.5 Å². The second kappa shape index (κ2) is 8.91. The normalized spacial score (nSPS) is 16.2. The predicted molar refractivity (Wildman–Crippen MR) is 117 cm³/mol. The van der Waals surface area contributed by atoms with E-state index in [9.17, 15) is 4.79 Å². The van der Waals surface area contributed by atoms with Crippen molar-refractivity contribution in [1.29, 1.82) is 0 Å². The molecule has 3 rings (SSSR count). The molecular formula is C25H34N2O. The Hall–Kier alpha value is -2.13. The second-order valence-corrected chi connectivity index (χ2v) is 8.28. The van der Waals surface area contributed by atoms with E-state index in [1.54, 1.807) is 0 Å². The van der Waals surface area contributed by atoms with Crippen LogP contribution in [0.4, 0.5) is 0 Å². The third-order valence-electron chi connectivity index (χ3n) is 6.31. The highest BCUT2D eigenvalue weighted by molar-refractivity contribution is 5.99. The van der Waals surface area contributed by atoms with Crippen molar-refractivity contribution in [2.24, 2.45) is 11.7 Å². The quantitative estimate of drug-likeness (QED) is 0.610. The average molecular weight is 379 g/mol. The molecule has 0 fully saturated rings. The summed E-state index contributed by atoms with van der Waals surface area (Å²) in [5, 5.41) is 3.65. The Morgan fingerprint density at radius 2 is 1.57 bits per heavy atom. The summed E-state index contributed by atoms with van der Waals surface area (Å²) in [7, 11) is 0. The van der Waals surface area contributed by atoms with Crippen molar-refractivity contribution in [3.8, 4) is 11.1 Å². The Bertz CT molecular complexity index is 768. The molecule has 150 valence electrons. The fourth-order valence-electron chi connectivity index (χ4n) is 5.06. The third kappa shape index (κ3) is 3.73. The van der Waals surface area contributed by atoms with E-state index in [2.05, 4.69) is 50.4 Å². The highest BCUT2D eigenvalue weighted by atomic mass is 16.1. The largest absolute Gasteiger partial charge is 0.369 e. The predicted octanol–water partition coefficient (Wildman–Crippen LogP) is 5.02. The van der Waals surface area contributed by atoms with Crippen LogP contribution in [0.5, 0.6) is 0 Å². The molecule has 2 aromatic rings. The van der Waals surface area contributed by atoms with Crippen LogP contribution < -0.4 is 11.1 Å². The van der Waals surface area contributed by atoms with E-state index in [-0.39, 0.29) is 5.91 Å². The Labute approximate surface area is 169 Å². The number of rotatable bonds is 10. The molecule has 0 aromatic heterocycles. The maximum atomic E-state index is 12.9. The zero-order valence-corrected chi connectivity index (χ0v) is 17.5. The summed E-state index contributed by atoms with van der Waals surface area (Å²) in [6, 6.07) is 16.9. The van der Waals surface area contributed by atoms with Gasteiger partial charge in [0.15, 0.2) is 0 Å². The van der Waals surface area contributed by atoms with Crippen LogP contribution in [0.2, 0.25) is 0 Å². The lowest BCUT2D eigenvalue weighted by Gasteiger charge is -2.31. The molecule has 0 heterocycles. The van der Waals surface area contributed by atoms with Crippen molar-refractivity contribution in [2.45, 2.75) is 64.3 Å². The highest BCUT2D eigenvalue weighted by Crippen LogP contribution is 2.51. The van der Waals surface area contributed by atoms with Gasteiger partial charge in [-0.15, -0.1) is 0 Å². The number of carbonyl (C=O) groups excluding carboxylic acids is 1. The smallest absolute Gasteiger partial charge is 0.232 e. The molecule has 2 atom stereocenters. The molecule has 1 aliphatic carbocycles. The van der Waals surface area contributed by atoms with Gasteiger partial charge in [0.25, 0.3) is 0 Å². The molecule has 1 amide bonds. The van der Waals surface area contributed by atoms with Crippen molar-refractivity contribution in [3.63, 3.8) is 0 Å². The molecule has 3 N–H and O–H groups in total. The van der Waals surface area contributed by atoms with Gasteiger partial charge in [-0.3, -0.25) is 4.79 Å². The summed E-state index contributed by atoms with van der Waals surface area (Å²) >= 11 is 0. The lowest BCUT2D eigenvalue weighted by atomic mass is 9.73. The maximum absolute atomic E-state index is 12.9. The van der Waals surface area contributed by atoms with E-state index in [1.165, 1.54) is 12.8 Å². The standard InChI is InChI=1S/C25H34N2O/c1-4-10-18(3)17-19(27-5-2)15-16-25(24(26)28)22-13-8-6-11-20(22)21-12-7-9-14-23(21)25/h6-9,11-14,18-19,27H,4-5,10,15-17H2,1-3H3,(H2,26,28). The van der Waals surface area contributed by atoms with E-state index < -0.39 is 5.41 Å². The average Bonchev–Trinajstić information content (AvgIpc) is 2.98. The summed E-state index contributed by atoms with van der Waals surface area (Å²) in [5.41, 5.74) is 9.82. The molecule has 2 aromatic carbocycles. The van der Waals surface area contributed by atoms with Gasteiger partial charge in [-0.25, -0.2) is 0 Å². The number of nitrogens with two attached hydrogens (primary N) is 1. The molecule has 3 nitrogen and oxygen atoms in total. The first kappa shape index (κ1) is 20.6. The van der Waals surface area contributed by atoms with E-state index in [0.717, 1.165) is 48.1 Å². The minimum atomic E-state index is -0.727. The van der Waals surface area contributed by atoms with Crippen LogP contribution in [0.15, 0.2) is 48.5 Å². The van der Waals surface area contributed by atoms with Crippen molar-refractivity contribution >= 4 is 5.91 Å². The number of carbonyl (C=O) groups is 1. The molecule has 0 spiro atoms. The molecule has 0 aliphatic heterocycles. The van der Waals surface area contributed by atoms with Gasteiger partial charge in [0.2, 0.25) is 5.91 Å². The maximum Gasteiger partial charge on any atom is 0.232 e. The molecule has 0 bridgehead atoms.